The SMILES string of the molecule is NCc1nc2cnccc2s1. The van der Waals surface area contributed by atoms with Crippen LogP contribution in [0.3, 0.4) is 0 Å². The molecule has 0 aliphatic carbocycles. The summed E-state index contributed by atoms with van der Waals surface area (Å²) in [5.74, 6) is 0. The molecular formula is C7H7N3S. The van der Waals surface area contributed by atoms with Crippen LogP contribution in [0.2, 0.25) is 0 Å². The fraction of sp³-hybridized carbons (Fsp3) is 0.143. The second-order valence-electron chi connectivity index (χ2n) is 2.16. The lowest BCUT2D eigenvalue weighted by atomic mass is 10.5. The third kappa shape index (κ3) is 1.10. The van der Waals surface area contributed by atoms with Crippen LogP contribution < -0.4 is 5.73 Å². The van der Waals surface area contributed by atoms with Crippen molar-refractivity contribution in [2.24, 2.45) is 5.73 Å². The number of hydrogen-bond acceptors (Lipinski definition) is 4. The summed E-state index contributed by atoms with van der Waals surface area (Å²) < 4.78 is 1.15. The van der Waals surface area contributed by atoms with Gasteiger partial charge in [0.1, 0.15) is 5.01 Å². The molecular weight excluding hydrogens is 158 g/mol. The van der Waals surface area contributed by atoms with Gasteiger partial charge >= 0.3 is 0 Å². The van der Waals surface area contributed by atoms with Crippen molar-refractivity contribution in [2.45, 2.75) is 6.54 Å². The van der Waals surface area contributed by atoms with E-state index in [1.807, 2.05) is 6.07 Å². The van der Waals surface area contributed by atoms with Gasteiger partial charge < -0.3 is 5.73 Å². The minimum absolute atomic E-state index is 0.513. The van der Waals surface area contributed by atoms with E-state index < -0.39 is 0 Å². The van der Waals surface area contributed by atoms with E-state index in [1.165, 1.54) is 0 Å². The van der Waals surface area contributed by atoms with Crippen molar-refractivity contribution < 1.29 is 0 Å². The molecule has 4 heteroatoms. The predicted octanol–water partition coefficient (Wildman–Crippen LogP) is 1.15. The highest BCUT2D eigenvalue weighted by Crippen LogP contribution is 2.19. The van der Waals surface area contributed by atoms with E-state index in [0.29, 0.717) is 6.54 Å². The van der Waals surface area contributed by atoms with E-state index in [-0.39, 0.29) is 0 Å². The molecule has 2 aromatic rings. The van der Waals surface area contributed by atoms with Crippen molar-refractivity contribution in [2.75, 3.05) is 0 Å². The average molecular weight is 165 g/mol. The lowest BCUT2D eigenvalue weighted by Crippen LogP contribution is -1.93. The monoisotopic (exact) mass is 165 g/mol. The number of fused-ring (bicyclic) bond motifs is 1. The van der Waals surface area contributed by atoms with Gasteiger partial charge in [0.15, 0.2) is 0 Å². The summed E-state index contributed by atoms with van der Waals surface area (Å²) >= 11 is 1.62. The number of nitrogens with zero attached hydrogens (tertiary/aromatic N) is 2. The summed E-state index contributed by atoms with van der Waals surface area (Å²) in [6.07, 6.45) is 3.52. The summed E-state index contributed by atoms with van der Waals surface area (Å²) in [5.41, 5.74) is 6.38. The Labute approximate surface area is 67.9 Å². The van der Waals surface area contributed by atoms with Crippen molar-refractivity contribution in [3.05, 3.63) is 23.5 Å². The van der Waals surface area contributed by atoms with Gasteiger partial charge in [-0.25, -0.2) is 4.98 Å². The van der Waals surface area contributed by atoms with Crippen molar-refractivity contribution in [1.29, 1.82) is 0 Å². The molecule has 0 saturated heterocycles. The van der Waals surface area contributed by atoms with Crippen LogP contribution >= 0.6 is 11.3 Å². The second-order valence-corrected chi connectivity index (χ2v) is 3.27. The molecule has 2 rings (SSSR count). The molecule has 0 aliphatic heterocycles. The highest BCUT2D eigenvalue weighted by Gasteiger charge is 1.99. The molecule has 0 unspecified atom stereocenters. The summed E-state index contributed by atoms with van der Waals surface area (Å²) in [7, 11) is 0. The minimum atomic E-state index is 0.513. The zero-order chi connectivity index (χ0) is 7.68. The number of hydrogen-bond donors (Lipinski definition) is 1. The minimum Gasteiger partial charge on any atom is -0.325 e. The Morgan fingerprint density at radius 1 is 1.55 bits per heavy atom. The largest absolute Gasteiger partial charge is 0.325 e. The van der Waals surface area contributed by atoms with E-state index in [1.54, 1.807) is 23.7 Å². The molecule has 0 aromatic carbocycles. The van der Waals surface area contributed by atoms with Crippen molar-refractivity contribution in [1.82, 2.24) is 9.97 Å². The van der Waals surface area contributed by atoms with Crippen LogP contribution in [0, 0.1) is 0 Å². The third-order valence-corrected chi connectivity index (χ3v) is 2.47. The van der Waals surface area contributed by atoms with Crippen LogP contribution in [0.15, 0.2) is 18.5 Å². The fourth-order valence-corrected chi connectivity index (χ4v) is 1.73. The van der Waals surface area contributed by atoms with E-state index in [0.717, 1.165) is 15.2 Å². The van der Waals surface area contributed by atoms with Crippen molar-refractivity contribution in [3.63, 3.8) is 0 Å². The maximum absolute atomic E-state index is 5.44. The van der Waals surface area contributed by atoms with Gasteiger partial charge in [0.05, 0.1) is 16.4 Å². The zero-order valence-corrected chi connectivity index (χ0v) is 6.64. The molecule has 0 bridgehead atoms. The Hall–Kier alpha value is -1.00. The molecule has 0 saturated carbocycles. The lowest BCUT2D eigenvalue weighted by molar-refractivity contribution is 1.05. The van der Waals surface area contributed by atoms with Crippen LogP contribution in [0.4, 0.5) is 0 Å². The molecule has 2 heterocycles. The first kappa shape index (κ1) is 6.69. The highest BCUT2D eigenvalue weighted by molar-refractivity contribution is 7.18. The maximum atomic E-state index is 5.44. The molecule has 0 spiro atoms. The normalized spacial score (nSPS) is 10.6. The van der Waals surface area contributed by atoms with Gasteiger partial charge in [-0.2, -0.15) is 0 Å². The molecule has 56 valence electrons. The number of aromatic nitrogens is 2. The van der Waals surface area contributed by atoms with Crippen molar-refractivity contribution >= 4 is 21.6 Å². The van der Waals surface area contributed by atoms with E-state index in [4.69, 9.17) is 5.73 Å². The Balaban J connectivity index is 2.69. The predicted molar refractivity (Wildman–Crippen MR) is 45.3 cm³/mol. The van der Waals surface area contributed by atoms with Gasteiger partial charge in [0.2, 0.25) is 0 Å². The fourth-order valence-electron chi connectivity index (χ4n) is 0.915. The molecule has 0 aliphatic rings. The number of thiazole rings is 1. The number of pyridine rings is 1. The average Bonchev–Trinajstić information content (AvgIpc) is 2.46. The van der Waals surface area contributed by atoms with Crippen molar-refractivity contribution in [3.8, 4) is 0 Å². The van der Waals surface area contributed by atoms with Gasteiger partial charge in [-0.05, 0) is 6.07 Å². The number of nitrogens with two attached hydrogens (primary N) is 1. The Kier molecular flexibility index (Phi) is 1.56. The molecule has 0 atom stereocenters. The second kappa shape index (κ2) is 2.56. The summed E-state index contributed by atoms with van der Waals surface area (Å²) in [6, 6.07) is 1.95. The molecule has 11 heavy (non-hydrogen) atoms. The quantitative estimate of drug-likeness (QED) is 0.689. The van der Waals surface area contributed by atoms with Crippen LogP contribution in [-0.4, -0.2) is 9.97 Å². The first-order valence-electron chi connectivity index (χ1n) is 3.29. The van der Waals surface area contributed by atoms with E-state index in [2.05, 4.69) is 9.97 Å². The Bertz CT molecular complexity index is 335. The van der Waals surface area contributed by atoms with Crippen LogP contribution in [0.25, 0.3) is 10.2 Å². The maximum Gasteiger partial charge on any atom is 0.108 e. The van der Waals surface area contributed by atoms with Gasteiger partial charge in [-0.1, -0.05) is 0 Å². The first-order valence-corrected chi connectivity index (χ1v) is 4.11. The van der Waals surface area contributed by atoms with Gasteiger partial charge in [-0.15, -0.1) is 11.3 Å². The standard InChI is InChI=1S/C7H7N3S/c8-3-7-10-5-4-9-2-1-6(5)11-7/h1-2,4H,3,8H2. The molecule has 0 radical (unpaired) electrons. The zero-order valence-electron chi connectivity index (χ0n) is 5.82. The highest BCUT2D eigenvalue weighted by atomic mass is 32.1. The summed E-state index contributed by atoms with van der Waals surface area (Å²) in [4.78, 5) is 8.23. The van der Waals surface area contributed by atoms with Gasteiger partial charge in [0, 0.05) is 12.7 Å². The van der Waals surface area contributed by atoms with Gasteiger partial charge in [0.25, 0.3) is 0 Å². The Morgan fingerprint density at radius 3 is 3.18 bits per heavy atom. The first-order chi connectivity index (χ1) is 5.40. The number of rotatable bonds is 1. The Morgan fingerprint density at radius 2 is 2.45 bits per heavy atom. The molecule has 2 aromatic heterocycles. The van der Waals surface area contributed by atoms with E-state index in [9.17, 15) is 0 Å². The summed E-state index contributed by atoms with van der Waals surface area (Å²) in [6.45, 7) is 0.513. The van der Waals surface area contributed by atoms with Crippen LogP contribution in [-0.2, 0) is 6.54 Å². The van der Waals surface area contributed by atoms with Crippen LogP contribution in [0.5, 0.6) is 0 Å². The topological polar surface area (TPSA) is 51.8 Å². The third-order valence-electron chi connectivity index (χ3n) is 1.41. The molecule has 0 amide bonds. The van der Waals surface area contributed by atoms with Crippen LogP contribution in [0.1, 0.15) is 5.01 Å². The molecule has 0 fully saturated rings. The smallest absolute Gasteiger partial charge is 0.108 e. The molecule has 2 N–H and O–H groups in total. The lowest BCUT2D eigenvalue weighted by Gasteiger charge is -1.80. The van der Waals surface area contributed by atoms with E-state index >= 15 is 0 Å². The molecule has 3 nitrogen and oxygen atoms in total. The summed E-state index contributed by atoms with van der Waals surface area (Å²) in [5, 5.41) is 0.966. The van der Waals surface area contributed by atoms with Gasteiger partial charge in [-0.3, -0.25) is 4.98 Å².